The second kappa shape index (κ2) is 7.59. The monoisotopic (exact) mass is 460 g/mol. The van der Waals surface area contributed by atoms with Gasteiger partial charge in [-0.3, -0.25) is 14.6 Å². The lowest BCUT2D eigenvalue weighted by atomic mass is 9.91. The number of aromatic amines is 1. The van der Waals surface area contributed by atoms with Crippen molar-refractivity contribution in [2.75, 3.05) is 12.3 Å². The van der Waals surface area contributed by atoms with Gasteiger partial charge in [-0.15, -0.1) is 5.10 Å². The van der Waals surface area contributed by atoms with E-state index < -0.39 is 36.2 Å². The van der Waals surface area contributed by atoms with E-state index in [4.69, 9.17) is 36.3 Å². The molecule has 0 spiro atoms. The first-order valence-corrected chi connectivity index (χ1v) is 10.4. The molecule has 2 fully saturated rings. The number of nitrogen functional groups attached to an aromatic ring is 1. The number of esters is 1. The fourth-order valence-electron chi connectivity index (χ4n) is 4.34. The number of anilines is 1. The third-order valence-corrected chi connectivity index (χ3v) is 6.05. The predicted molar refractivity (Wildman–Crippen MR) is 113 cm³/mol. The van der Waals surface area contributed by atoms with Crippen LogP contribution < -0.4 is 11.3 Å². The molecular formula is C21H21ClN4O6. The van der Waals surface area contributed by atoms with Gasteiger partial charge in [-0.1, -0.05) is 23.7 Å². The molecule has 2 aromatic heterocycles. The number of rotatable bonds is 4. The minimum absolute atomic E-state index is 0.0117. The smallest absolute Gasteiger partial charge is 0.302 e. The highest BCUT2D eigenvalue weighted by atomic mass is 35.5. The van der Waals surface area contributed by atoms with E-state index in [2.05, 4.69) is 10.1 Å². The number of benzene rings is 1. The molecule has 5 rings (SSSR count). The Bertz CT molecular complexity index is 1240. The summed E-state index contributed by atoms with van der Waals surface area (Å²) in [4.78, 5) is 26.2. The van der Waals surface area contributed by atoms with Gasteiger partial charge < -0.3 is 24.7 Å². The quantitative estimate of drug-likeness (QED) is 0.566. The van der Waals surface area contributed by atoms with Crippen molar-refractivity contribution in [1.29, 1.82) is 0 Å². The molecule has 0 radical (unpaired) electrons. The van der Waals surface area contributed by atoms with Gasteiger partial charge in [-0.2, -0.15) is 0 Å². The molecular weight excluding hydrogens is 440 g/mol. The van der Waals surface area contributed by atoms with Gasteiger partial charge >= 0.3 is 5.97 Å². The summed E-state index contributed by atoms with van der Waals surface area (Å²) in [6.45, 7) is 3.18. The van der Waals surface area contributed by atoms with Crippen LogP contribution in [0.5, 0.6) is 0 Å². The summed E-state index contributed by atoms with van der Waals surface area (Å²) in [5.74, 6) is -0.459. The first-order chi connectivity index (χ1) is 15.3. The number of fused-ring (bicyclic) bond motifs is 2. The molecule has 2 saturated heterocycles. The van der Waals surface area contributed by atoms with E-state index in [1.165, 1.54) is 11.4 Å². The third kappa shape index (κ3) is 3.36. The van der Waals surface area contributed by atoms with E-state index in [1.54, 1.807) is 24.3 Å². The Morgan fingerprint density at radius 2 is 2.03 bits per heavy atom. The van der Waals surface area contributed by atoms with Crippen molar-refractivity contribution in [3.8, 4) is 0 Å². The van der Waals surface area contributed by atoms with Crippen LogP contribution in [0, 0.1) is 0 Å². The average Bonchev–Trinajstić information content (AvgIpc) is 3.37. The Morgan fingerprint density at radius 3 is 2.75 bits per heavy atom. The van der Waals surface area contributed by atoms with Crippen LogP contribution in [0.2, 0.25) is 5.02 Å². The first-order valence-electron chi connectivity index (χ1n) is 10.0. The van der Waals surface area contributed by atoms with Crippen molar-refractivity contribution in [1.82, 2.24) is 14.6 Å². The maximum atomic E-state index is 12.3. The van der Waals surface area contributed by atoms with E-state index in [-0.39, 0.29) is 18.1 Å². The molecule has 4 heterocycles. The summed E-state index contributed by atoms with van der Waals surface area (Å²) in [5.41, 5.74) is 6.08. The molecule has 2 aliphatic heterocycles. The highest BCUT2D eigenvalue weighted by Crippen LogP contribution is 2.53. The number of nitrogens with two attached hydrogens (primary N) is 1. The van der Waals surface area contributed by atoms with Crippen LogP contribution in [0.15, 0.2) is 41.2 Å². The maximum Gasteiger partial charge on any atom is 0.302 e. The largest absolute Gasteiger partial charge is 0.463 e. The number of carbonyl (C=O) groups excluding carboxylic acids is 1. The van der Waals surface area contributed by atoms with Crippen molar-refractivity contribution < 1.29 is 23.7 Å². The van der Waals surface area contributed by atoms with Gasteiger partial charge in [0.1, 0.15) is 36.0 Å². The summed E-state index contributed by atoms with van der Waals surface area (Å²) in [7, 11) is 0. The Kier molecular flexibility index (Phi) is 4.97. The molecule has 0 amide bonds. The molecule has 2 aliphatic rings. The number of nitrogens with one attached hydrogen (secondary N) is 1. The van der Waals surface area contributed by atoms with E-state index in [0.717, 1.165) is 5.56 Å². The van der Waals surface area contributed by atoms with Gasteiger partial charge in [0.2, 0.25) is 5.95 Å². The van der Waals surface area contributed by atoms with Crippen LogP contribution in [0.1, 0.15) is 37.5 Å². The van der Waals surface area contributed by atoms with Crippen LogP contribution in [0.3, 0.4) is 0 Å². The summed E-state index contributed by atoms with van der Waals surface area (Å²) in [6.07, 6.45) is -2.52. The molecule has 0 saturated carbocycles. The molecule has 5 atom stereocenters. The number of hydrogen-bond donors (Lipinski definition) is 2. The third-order valence-electron chi connectivity index (χ3n) is 5.79. The van der Waals surface area contributed by atoms with Crippen molar-refractivity contribution in [2.45, 2.75) is 44.1 Å². The van der Waals surface area contributed by atoms with Crippen molar-refractivity contribution in [3.63, 3.8) is 0 Å². The van der Waals surface area contributed by atoms with Crippen molar-refractivity contribution >= 4 is 29.0 Å². The molecule has 3 aromatic rings. The Hall–Kier alpha value is -2.92. The van der Waals surface area contributed by atoms with Crippen LogP contribution in [-0.4, -0.2) is 45.0 Å². The van der Waals surface area contributed by atoms with Gasteiger partial charge in [-0.05, 0) is 31.2 Å². The zero-order valence-corrected chi connectivity index (χ0v) is 18.0. The van der Waals surface area contributed by atoms with Crippen LogP contribution >= 0.6 is 11.6 Å². The van der Waals surface area contributed by atoms with E-state index in [0.29, 0.717) is 16.2 Å². The normalized spacial score (nSPS) is 29.3. The molecule has 3 N–H and O–H groups in total. The number of H-pyrrole nitrogens is 1. The highest BCUT2D eigenvalue weighted by molar-refractivity contribution is 6.30. The topological polar surface area (TPSA) is 130 Å². The Balaban J connectivity index is 1.55. The molecule has 11 heteroatoms. The van der Waals surface area contributed by atoms with Gasteiger partial charge in [0.15, 0.2) is 6.29 Å². The number of carbonyl (C=O) groups is 1. The zero-order valence-electron chi connectivity index (χ0n) is 17.3. The number of nitrogens with zero attached hydrogens (tertiary/aromatic N) is 2. The van der Waals surface area contributed by atoms with E-state index >= 15 is 0 Å². The number of aromatic nitrogens is 3. The van der Waals surface area contributed by atoms with Gasteiger partial charge in [0.25, 0.3) is 5.56 Å². The molecule has 0 bridgehead atoms. The summed E-state index contributed by atoms with van der Waals surface area (Å²) in [6, 6.07) is 10.5. The maximum absolute atomic E-state index is 12.3. The highest BCUT2D eigenvalue weighted by Gasteiger charge is 2.62. The Labute approximate surface area is 187 Å². The molecule has 168 valence electrons. The van der Waals surface area contributed by atoms with E-state index in [9.17, 15) is 9.59 Å². The van der Waals surface area contributed by atoms with Crippen LogP contribution in [0.4, 0.5) is 5.95 Å². The minimum Gasteiger partial charge on any atom is -0.463 e. The summed E-state index contributed by atoms with van der Waals surface area (Å²) >= 11 is 6.01. The number of halogens is 1. The van der Waals surface area contributed by atoms with Crippen molar-refractivity contribution in [2.24, 2.45) is 0 Å². The minimum atomic E-state index is -0.970. The number of hydrogen-bond acceptors (Lipinski definition) is 8. The molecule has 1 unspecified atom stereocenters. The fraction of sp³-hybridized carbons (Fsp3) is 0.381. The van der Waals surface area contributed by atoms with Gasteiger partial charge in [0.05, 0.1) is 5.69 Å². The second-order valence-corrected chi connectivity index (χ2v) is 8.43. The number of ether oxygens (including phenoxy) is 4. The molecule has 0 aliphatic carbocycles. The van der Waals surface area contributed by atoms with Gasteiger partial charge in [-0.25, -0.2) is 4.52 Å². The zero-order chi connectivity index (χ0) is 22.6. The molecule has 32 heavy (non-hydrogen) atoms. The first kappa shape index (κ1) is 21.0. The molecule has 1 aromatic carbocycles. The lowest BCUT2D eigenvalue weighted by Gasteiger charge is -2.27. The average molecular weight is 461 g/mol. The predicted octanol–water partition coefficient (Wildman–Crippen LogP) is 2.13. The van der Waals surface area contributed by atoms with Crippen molar-refractivity contribution in [3.05, 3.63) is 63.0 Å². The fourth-order valence-corrected chi connectivity index (χ4v) is 4.46. The summed E-state index contributed by atoms with van der Waals surface area (Å²) < 4.78 is 25.5. The Morgan fingerprint density at radius 1 is 1.28 bits per heavy atom. The van der Waals surface area contributed by atoms with Crippen LogP contribution in [0.25, 0.3) is 5.52 Å². The lowest BCUT2D eigenvalue weighted by molar-refractivity contribution is -0.166. The van der Waals surface area contributed by atoms with Crippen LogP contribution in [-0.2, 0) is 23.7 Å². The lowest BCUT2D eigenvalue weighted by Crippen LogP contribution is -2.41. The second-order valence-electron chi connectivity index (χ2n) is 7.99. The summed E-state index contributed by atoms with van der Waals surface area (Å²) in [5, 5.41) is 4.83. The molecule has 10 nitrogen and oxygen atoms in total. The SMILES string of the molecule is CC(=O)OC[C@H]1O[C@@H](c2ccc3c(=O)[nH]c(N)nn23)[C@]2(C)OC(c3ccc(Cl)cc3)O[C@H]12. The standard InChI is InChI=1S/C21H21ClN4O6/c1-10(27)29-9-15-17-21(2,32-19(31-17)11-3-5-12(22)6-4-11)16(30-15)13-7-8-14-18(28)24-20(23)25-26(13)14/h3-8,15-17,19H,9H2,1-2H3,(H3,23,24,25,28)/t15-,16+,17-,19?,21+/m1/s1. The van der Waals surface area contributed by atoms with E-state index in [1.807, 2.05) is 19.1 Å². The van der Waals surface area contributed by atoms with Gasteiger partial charge in [0, 0.05) is 17.5 Å².